The van der Waals surface area contributed by atoms with Crippen LogP contribution in [0.4, 0.5) is 17.3 Å². The molecule has 6 heteroatoms. The third-order valence-electron chi connectivity index (χ3n) is 3.29. The van der Waals surface area contributed by atoms with Gasteiger partial charge < -0.3 is 15.1 Å². The highest BCUT2D eigenvalue weighted by Gasteiger charge is 2.09. The van der Waals surface area contributed by atoms with Crippen molar-refractivity contribution in [3.05, 3.63) is 66.1 Å². The molecule has 0 unspecified atom stereocenters. The summed E-state index contributed by atoms with van der Waals surface area (Å²) in [6, 6.07) is 14.8. The second-order valence-electron chi connectivity index (χ2n) is 4.91. The third-order valence-corrected chi connectivity index (χ3v) is 3.29. The summed E-state index contributed by atoms with van der Waals surface area (Å²) in [5.41, 5.74) is 2.21. The van der Waals surface area contributed by atoms with Crippen LogP contribution in [0.2, 0.25) is 0 Å². The predicted molar refractivity (Wildman–Crippen MR) is 87.8 cm³/mol. The van der Waals surface area contributed by atoms with Crippen molar-refractivity contribution in [3.8, 4) is 0 Å². The van der Waals surface area contributed by atoms with Gasteiger partial charge in [0.05, 0.1) is 6.26 Å². The Morgan fingerprint density at radius 3 is 2.39 bits per heavy atom. The lowest BCUT2D eigenvalue weighted by Crippen LogP contribution is -2.12. The number of anilines is 3. The Labute approximate surface area is 133 Å². The summed E-state index contributed by atoms with van der Waals surface area (Å²) < 4.78 is 5.02. The fourth-order valence-corrected chi connectivity index (χ4v) is 2.02. The molecule has 0 radical (unpaired) electrons. The SMILES string of the molecule is CCc1ccc(Nc2ccc(NC(=O)c3ccco3)nn2)cc1. The molecule has 2 heterocycles. The van der Waals surface area contributed by atoms with Crippen molar-refractivity contribution in [1.82, 2.24) is 10.2 Å². The van der Waals surface area contributed by atoms with Gasteiger partial charge in [0.1, 0.15) is 0 Å². The highest BCUT2D eigenvalue weighted by molar-refractivity contribution is 6.01. The monoisotopic (exact) mass is 308 g/mol. The first-order valence-corrected chi connectivity index (χ1v) is 7.29. The van der Waals surface area contributed by atoms with Crippen molar-refractivity contribution >= 4 is 23.2 Å². The van der Waals surface area contributed by atoms with Crippen LogP contribution in [0, 0.1) is 0 Å². The maximum atomic E-state index is 11.8. The molecule has 6 nitrogen and oxygen atoms in total. The average molecular weight is 308 g/mol. The van der Waals surface area contributed by atoms with Crippen LogP contribution in [0.5, 0.6) is 0 Å². The van der Waals surface area contributed by atoms with E-state index in [2.05, 4.69) is 39.9 Å². The van der Waals surface area contributed by atoms with E-state index in [0.717, 1.165) is 12.1 Å². The van der Waals surface area contributed by atoms with Crippen LogP contribution in [-0.4, -0.2) is 16.1 Å². The molecule has 1 amide bonds. The van der Waals surface area contributed by atoms with E-state index >= 15 is 0 Å². The zero-order valence-electron chi connectivity index (χ0n) is 12.6. The minimum atomic E-state index is -0.361. The number of nitrogens with one attached hydrogen (secondary N) is 2. The van der Waals surface area contributed by atoms with E-state index in [1.807, 2.05) is 12.1 Å². The summed E-state index contributed by atoms with van der Waals surface area (Å²) in [7, 11) is 0. The fourth-order valence-electron chi connectivity index (χ4n) is 2.02. The summed E-state index contributed by atoms with van der Waals surface area (Å²) in [6.45, 7) is 2.11. The number of aromatic nitrogens is 2. The summed E-state index contributed by atoms with van der Waals surface area (Å²) in [4.78, 5) is 11.8. The lowest BCUT2D eigenvalue weighted by Gasteiger charge is -2.07. The molecule has 3 aromatic rings. The molecule has 23 heavy (non-hydrogen) atoms. The second kappa shape index (κ2) is 6.74. The number of rotatable bonds is 5. The molecule has 0 saturated carbocycles. The normalized spacial score (nSPS) is 10.3. The molecule has 0 bridgehead atoms. The first-order valence-electron chi connectivity index (χ1n) is 7.29. The first kappa shape index (κ1) is 14.8. The van der Waals surface area contributed by atoms with Gasteiger partial charge in [-0.3, -0.25) is 4.79 Å². The number of amides is 1. The predicted octanol–water partition coefficient (Wildman–Crippen LogP) is 3.63. The lowest BCUT2D eigenvalue weighted by atomic mass is 10.1. The highest BCUT2D eigenvalue weighted by atomic mass is 16.3. The quantitative estimate of drug-likeness (QED) is 0.752. The third kappa shape index (κ3) is 3.74. The molecule has 1 aromatic carbocycles. The molecule has 2 N–H and O–H groups in total. The van der Waals surface area contributed by atoms with Gasteiger partial charge in [0.15, 0.2) is 17.4 Å². The van der Waals surface area contributed by atoms with Crippen LogP contribution in [0.3, 0.4) is 0 Å². The number of carbonyl (C=O) groups excluding carboxylic acids is 1. The molecule has 0 fully saturated rings. The van der Waals surface area contributed by atoms with Gasteiger partial charge in [0.25, 0.3) is 5.91 Å². The van der Waals surface area contributed by atoms with Crippen LogP contribution in [-0.2, 0) is 6.42 Å². The van der Waals surface area contributed by atoms with E-state index in [4.69, 9.17) is 4.42 Å². The molecular weight excluding hydrogens is 292 g/mol. The minimum absolute atomic E-state index is 0.227. The van der Waals surface area contributed by atoms with Crippen molar-refractivity contribution < 1.29 is 9.21 Å². The van der Waals surface area contributed by atoms with Gasteiger partial charge in [-0.05, 0) is 48.4 Å². The van der Waals surface area contributed by atoms with E-state index in [9.17, 15) is 4.79 Å². The van der Waals surface area contributed by atoms with Gasteiger partial charge in [-0.1, -0.05) is 19.1 Å². The molecule has 3 rings (SSSR count). The van der Waals surface area contributed by atoms with Crippen molar-refractivity contribution in [2.75, 3.05) is 10.6 Å². The average Bonchev–Trinajstić information content (AvgIpc) is 3.12. The van der Waals surface area contributed by atoms with Gasteiger partial charge in [-0.25, -0.2) is 0 Å². The maximum Gasteiger partial charge on any atom is 0.292 e. The van der Waals surface area contributed by atoms with Crippen molar-refractivity contribution in [2.24, 2.45) is 0 Å². The lowest BCUT2D eigenvalue weighted by molar-refractivity contribution is 0.0996. The van der Waals surface area contributed by atoms with Crippen molar-refractivity contribution in [3.63, 3.8) is 0 Å². The number of hydrogen-bond donors (Lipinski definition) is 2. The zero-order chi connectivity index (χ0) is 16.1. The fraction of sp³-hybridized carbons (Fsp3) is 0.118. The largest absolute Gasteiger partial charge is 0.459 e. The minimum Gasteiger partial charge on any atom is -0.459 e. The molecule has 0 aliphatic heterocycles. The van der Waals surface area contributed by atoms with Gasteiger partial charge in [-0.15, -0.1) is 10.2 Å². The number of carbonyl (C=O) groups is 1. The smallest absolute Gasteiger partial charge is 0.292 e. The van der Waals surface area contributed by atoms with E-state index in [1.165, 1.54) is 11.8 Å². The van der Waals surface area contributed by atoms with Gasteiger partial charge in [0.2, 0.25) is 0 Å². The van der Waals surface area contributed by atoms with Crippen molar-refractivity contribution in [1.29, 1.82) is 0 Å². The Balaban J connectivity index is 1.63. The first-order chi connectivity index (χ1) is 11.2. The number of furan rings is 1. The van der Waals surface area contributed by atoms with Gasteiger partial charge in [0, 0.05) is 5.69 Å². The Morgan fingerprint density at radius 1 is 1.04 bits per heavy atom. The van der Waals surface area contributed by atoms with E-state index in [0.29, 0.717) is 11.6 Å². The van der Waals surface area contributed by atoms with Crippen LogP contribution in [0.25, 0.3) is 0 Å². The van der Waals surface area contributed by atoms with Crippen LogP contribution >= 0.6 is 0 Å². The highest BCUT2D eigenvalue weighted by Crippen LogP contribution is 2.16. The van der Waals surface area contributed by atoms with E-state index in [1.54, 1.807) is 24.3 Å². The zero-order valence-corrected chi connectivity index (χ0v) is 12.6. The number of benzene rings is 1. The van der Waals surface area contributed by atoms with Crippen LogP contribution in [0.1, 0.15) is 23.0 Å². The van der Waals surface area contributed by atoms with E-state index in [-0.39, 0.29) is 11.7 Å². The molecule has 0 aliphatic carbocycles. The molecule has 0 saturated heterocycles. The van der Waals surface area contributed by atoms with Crippen LogP contribution in [0.15, 0.2) is 59.2 Å². The molecule has 116 valence electrons. The molecule has 0 spiro atoms. The molecule has 0 aliphatic rings. The van der Waals surface area contributed by atoms with Crippen LogP contribution < -0.4 is 10.6 Å². The van der Waals surface area contributed by atoms with Crippen molar-refractivity contribution in [2.45, 2.75) is 13.3 Å². The second-order valence-corrected chi connectivity index (χ2v) is 4.91. The Morgan fingerprint density at radius 2 is 1.78 bits per heavy atom. The summed E-state index contributed by atoms with van der Waals surface area (Å²) in [6.07, 6.45) is 2.45. The molecule has 0 atom stereocenters. The topological polar surface area (TPSA) is 80.0 Å². The Bertz CT molecular complexity index is 765. The molecular formula is C17H16N4O2. The summed E-state index contributed by atoms with van der Waals surface area (Å²) >= 11 is 0. The maximum absolute atomic E-state index is 11.8. The number of aryl methyl sites for hydroxylation is 1. The summed E-state index contributed by atoms with van der Waals surface area (Å²) in [5, 5.41) is 13.8. The van der Waals surface area contributed by atoms with E-state index < -0.39 is 0 Å². The van der Waals surface area contributed by atoms with Gasteiger partial charge >= 0.3 is 0 Å². The molecule has 2 aromatic heterocycles. The standard InChI is InChI=1S/C17H16N4O2/c1-2-12-5-7-13(8-6-12)18-15-9-10-16(21-20-15)19-17(22)14-4-3-11-23-14/h3-11H,2H2,1H3,(H,18,20)(H,19,21,22). The van der Waals surface area contributed by atoms with Gasteiger partial charge in [-0.2, -0.15) is 0 Å². The Kier molecular flexibility index (Phi) is 4.33. The number of hydrogen-bond acceptors (Lipinski definition) is 5. The number of nitrogens with zero attached hydrogens (tertiary/aromatic N) is 2. The summed E-state index contributed by atoms with van der Waals surface area (Å²) in [5.74, 6) is 0.828. The Hall–Kier alpha value is -3.15.